The minimum atomic E-state index is -3.56. The molecule has 26 heavy (non-hydrogen) atoms. The van der Waals surface area contributed by atoms with Crippen molar-refractivity contribution in [2.24, 2.45) is 0 Å². The molecule has 0 saturated carbocycles. The van der Waals surface area contributed by atoms with Crippen LogP contribution in [0.3, 0.4) is 0 Å². The number of sulfone groups is 1. The summed E-state index contributed by atoms with van der Waals surface area (Å²) >= 11 is 0. The summed E-state index contributed by atoms with van der Waals surface area (Å²) in [6.07, 6.45) is -0.269. The van der Waals surface area contributed by atoms with E-state index in [9.17, 15) is 17.6 Å². The summed E-state index contributed by atoms with van der Waals surface area (Å²) in [6.45, 7) is 0. The van der Waals surface area contributed by atoms with E-state index in [1.165, 1.54) is 30.3 Å². The van der Waals surface area contributed by atoms with E-state index in [1.54, 1.807) is 24.3 Å². The molecule has 134 valence electrons. The fourth-order valence-electron chi connectivity index (χ4n) is 2.17. The molecule has 3 aromatic rings. The number of carbonyl (C=O) groups excluding carboxylic acids is 1. The number of halogens is 1. The van der Waals surface area contributed by atoms with Crippen molar-refractivity contribution in [3.05, 3.63) is 60.4 Å². The van der Waals surface area contributed by atoms with Gasteiger partial charge in [0.2, 0.25) is 11.8 Å². The molecule has 0 radical (unpaired) electrons. The van der Waals surface area contributed by atoms with Gasteiger partial charge in [0.25, 0.3) is 0 Å². The fourth-order valence-corrected chi connectivity index (χ4v) is 3.43. The van der Waals surface area contributed by atoms with E-state index in [0.29, 0.717) is 5.56 Å². The van der Waals surface area contributed by atoms with Crippen LogP contribution in [-0.4, -0.2) is 30.3 Å². The number of nitrogens with one attached hydrogen (secondary N) is 1. The lowest BCUT2D eigenvalue weighted by Crippen LogP contribution is -2.17. The SMILES string of the molecule is O=C(CCS(=O)(=O)c1ccccc1)Nc1nnc(-c2cccc(F)c2)o1. The van der Waals surface area contributed by atoms with Crippen LogP contribution in [0.15, 0.2) is 63.9 Å². The van der Waals surface area contributed by atoms with Crippen LogP contribution < -0.4 is 5.32 Å². The van der Waals surface area contributed by atoms with Crippen molar-refractivity contribution >= 4 is 21.8 Å². The monoisotopic (exact) mass is 375 g/mol. The van der Waals surface area contributed by atoms with Crippen molar-refractivity contribution < 1.29 is 22.0 Å². The highest BCUT2D eigenvalue weighted by Crippen LogP contribution is 2.20. The van der Waals surface area contributed by atoms with E-state index in [1.807, 2.05) is 0 Å². The van der Waals surface area contributed by atoms with E-state index < -0.39 is 21.6 Å². The summed E-state index contributed by atoms with van der Waals surface area (Å²) in [5, 5.41) is 9.70. The Morgan fingerprint density at radius 3 is 2.58 bits per heavy atom. The topological polar surface area (TPSA) is 102 Å². The van der Waals surface area contributed by atoms with Crippen molar-refractivity contribution in [2.75, 3.05) is 11.1 Å². The Balaban J connectivity index is 1.61. The van der Waals surface area contributed by atoms with Gasteiger partial charge in [-0.3, -0.25) is 10.1 Å². The molecule has 9 heteroatoms. The lowest BCUT2D eigenvalue weighted by Gasteiger charge is -2.03. The van der Waals surface area contributed by atoms with Crippen molar-refractivity contribution in [2.45, 2.75) is 11.3 Å². The van der Waals surface area contributed by atoms with Gasteiger partial charge < -0.3 is 4.42 Å². The quantitative estimate of drug-likeness (QED) is 0.711. The number of hydrogen-bond acceptors (Lipinski definition) is 6. The summed E-state index contributed by atoms with van der Waals surface area (Å²) in [5.41, 5.74) is 0.365. The fraction of sp³-hybridized carbons (Fsp3) is 0.118. The van der Waals surface area contributed by atoms with Gasteiger partial charge in [-0.05, 0) is 30.3 Å². The van der Waals surface area contributed by atoms with Gasteiger partial charge >= 0.3 is 6.01 Å². The molecule has 1 aromatic heterocycles. The van der Waals surface area contributed by atoms with Gasteiger partial charge in [0.05, 0.1) is 10.6 Å². The third kappa shape index (κ3) is 4.31. The van der Waals surface area contributed by atoms with Gasteiger partial charge in [-0.15, -0.1) is 5.10 Å². The molecule has 3 rings (SSSR count). The highest BCUT2D eigenvalue weighted by atomic mass is 32.2. The summed E-state index contributed by atoms with van der Waals surface area (Å²) < 4.78 is 42.7. The first-order valence-corrected chi connectivity index (χ1v) is 9.26. The molecule has 1 heterocycles. The first kappa shape index (κ1) is 17.7. The number of carbonyl (C=O) groups is 1. The Bertz CT molecular complexity index is 1020. The van der Waals surface area contributed by atoms with Gasteiger partial charge in [0, 0.05) is 12.0 Å². The van der Waals surface area contributed by atoms with Crippen LogP contribution >= 0.6 is 0 Å². The zero-order chi connectivity index (χ0) is 18.6. The maximum Gasteiger partial charge on any atom is 0.322 e. The number of nitrogens with zero attached hydrogens (tertiary/aromatic N) is 2. The second kappa shape index (κ2) is 7.44. The molecule has 0 bridgehead atoms. The predicted molar refractivity (Wildman–Crippen MR) is 91.4 cm³/mol. The molecule has 1 amide bonds. The minimum absolute atomic E-state index is 0.0386. The number of rotatable bonds is 6. The average Bonchev–Trinajstić information content (AvgIpc) is 3.09. The summed E-state index contributed by atoms with van der Waals surface area (Å²) in [5.74, 6) is -1.36. The number of anilines is 1. The standard InChI is InChI=1S/C17H14FN3O4S/c18-13-6-4-5-12(11-13)16-20-21-17(25-16)19-15(22)9-10-26(23,24)14-7-2-1-3-8-14/h1-8,11H,9-10H2,(H,19,21,22). The first-order chi connectivity index (χ1) is 12.4. The molecule has 7 nitrogen and oxygen atoms in total. The molecule has 0 unspecified atom stereocenters. The Morgan fingerprint density at radius 1 is 1.08 bits per heavy atom. The third-order valence-electron chi connectivity index (χ3n) is 3.44. The first-order valence-electron chi connectivity index (χ1n) is 7.61. The Labute approximate surface area is 148 Å². The predicted octanol–water partition coefficient (Wildman–Crippen LogP) is 2.68. The van der Waals surface area contributed by atoms with Gasteiger partial charge in [-0.1, -0.05) is 29.4 Å². The Hall–Kier alpha value is -3.07. The zero-order valence-electron chi connectivity index (χ0n) is 13.4. The average molecular weight is 375 g/mol. The molecule has 0 atom stereocenters. The van der Waals surface area contributed by atoms with Crippen molar-refractivity contribution in [1.29, 1.82) is 0 Å². The van der Waals surface area contributed by atoms with Gasteiger partial charge in [0.15, 0.2) is 9.84 Å². The maximum atomic E-state index is 13.2. The normalized spacial score (nSPS) is 11.3. The van der Waals surface area contributed by atoms with E-state index in [0.717, 1.165) is 0 Å². The molecule has 0 saturated heterocycles. The van der Waals surface area contributed by atoms with Crippen LogP contribution in [0.4, 0.5) is 10.4 Å². The Morgan fingerprint density at radius 2 is 1.85 bits per heavy atom. The zero-order valence-corrected chi connectivity index (χ0v) is 14.2. The van der Waals surface area contributed by atoms with E-state index >= 15 is 0 Å². The second-order valence-electron chi connectivity index (χ2n) is 5.35. The molecule has 2 aromatic carbocycles. The highest BCUT2D eigenvalue weighted by Gasteiger charge is 2.17. The molecule has 1 N–H and O–H groups in total. The Kier molecular flexibility index (Phi) is 5.08. The molecular formula is C17H14FN3O4S. The lowest BCUT2D eigenvalue weighted by molar-refractivity contribution is -0.115. The van der Waals surface area contributed by atoms with Crippen LogP contribution in [0.5, 0.6) is 0 Å². The number of aromatic nitrogens is 2. The van der Waals surface area contributed by atoms with E-state index in [2.05, 4.69) is 15.5 Å². The van der Waals surface area contributed by atoms with Crippen molar-refractivity contribution in [3.8, 4) is 11.5 Å². The van der Waals surface area contributed by atoms with E-state index in [-0.39, 0.29) is 29.0 Å². The smallest absolute Gasteiger partial charge is 0.322 e. The number of amides is 1. The number of benzene rings is 2. The number of hydrogen-bond donors (Lipinski definition) is 1. The molecule has 0 aliphatic heterocycles. The molecule has 0 aliphatic carbocycles. The van der Waals surface area contributed by atoms with Crippen LogP contribution in [0, 0.1) is 5.82 Å². The van der Waals surface area contributed by atoms with E-state index in [4.69, 9.17) is 4.42 Å². The highest BCUT2D eigenvalue weighted by molar-refractivity contribution is 7.91. The molecule has 0 aliphatic rings. The van der Waals surface area contributed by atoms with Crippen molar-refractivity contribution in [3.63, 3.8) is 0 Å². The summed E-state index contributed by atoms with van der Waals surface area (Å²) in [6, 6.07) is 13.2. The maximum absolute atomic E-state index is 13.2. The largest absolute Gasteiger partial charge is 0.403 e. The molecular weight excluding hydrogens is 361 g/mol. The van der Waals surface area contributed by atoms with Crippen LogP contribution in [-0.2, 0) is 14.6 Å². The summed E-state index contributed by atoms with van der Waals surface area (Å²) in [4.78, 5) is 12.1. The van der Waals surface area contributed by atoms with Gasteiger partial charge in [-0.25, -0.2) is 12.8 Å². The lowest BCUT2D eigenvalue weighted by atomic mass is 10.2. The third-order valence-corrected chi connectivity index (χ3v) is 5.18. The summed E-state index contributed by atoms with van der Waals surface area (Å²) in [7, 11) is -3.56. The van der Waals surface area contributed by atoms with Crippen LogP contribution in [0.25, 0.3) is 11.5 Å². The van der Waals surface area contributed by atoms with Gasteiger partial charge in [-0.2, -0.15) is 0 Å². The minimum Gasteiger partial charge on any atom is -0.403 e. The second-order valence-corrected chi connectivity index (χ2v) is 7.46. The van der Waals surface area contributed by atoms with Crippen LogP contribution in [0.2, 0.25) is 0 Å². The molecule has 0 spiro atoms. The molecule has 0 fully saturated rings. The van der Waals surface area contributed by atoms with Crippen molar-refractivity contribution in [1.82, 2.24) is 10.2 Å². The van der Waals surface area contributed by atoms with Crippen LogP contribution in [0.1, 0.15) is 6.42 Å². The van der Waals surface area contributed by atoms with Gasteiger partial charge in [0.1, 0.15) is 5.82 Å².